The van der Waals surface area contributed by atoms with E-state index < -0.39 is 5.41 Å². The van der Waals surface area contributed by atoms with E-state index >= 15 is 0 Å². The zero-order valence-electron chi connectivity index (χ0n) is 16.4. The number of benzene rings is 1. The van der Waals surface area contributed by atoms with Crippen LogP contribution in [0.5, 0.6) is 0 Å². The number of nitrogens with zero attached hydrogens (tertiary/aromatic N) is 2. The summed E-state index contributed by atoms with van der Waals surface area (Å²) < 4.78 is 0. The van der Waals surface area contributed by atoms with Gasteiger partial charge in [-0.1, -0.05) is 30.2 Å². The van der Waals surface area contributed by atoms with E-state index in [2.05, 4.69) is 15.5 Å². The SMILES string of the molecule is CC(CO)NC(=O)c1n[nH]c2c1CCN(C(=O)C1(c3ccc(Cl)cc3)CCC1)C2. The number of aromatic amines is 1. The number of nitrogens with one attached hydrogen (secondary N) is 2. The Morgan fingerprint density at radius 3 is 2.69 bits per heavy atom. The number of carbonyl (C=O) groups excluding carboxylic acids is 2. The molecule has 1 atom stereocenters. The van der Waals surface area contributed by atoms with Gasteiger partial charge in [-0.05, 0) is 43.9 Å². The van der Waals surface area contributed by atoms with E-state index in [1.165, 1.54) is 0 Å². The van der Waals surface area contributed by atoms with Crippen molar-refractivity contribution in [2.75, 3.05) is 13.2 Å². The number of aliphatic hydroxyl groups excluding tert-OH is 1. The van der Waals surface area contributed by atoms with Crippen molar-refractivity contribution in [1.29, 1.82) is 0 Å². The van der Waals surface area contributed by atoms with Gasteiger partial charge < -0.3 is 15.3 Å². The minimum Gasteiger partial charge on any atom is -0.394 e. The smallest absolute Gasteiger partial charge is 0.272 e. The molecular formula is C21H25ClN4O3. The van der Waals surface area contributed by atoms with Gasteiger partial charge in [-0.15, -0.1) is 0 Å². The van der Waals surface area contributed by atoms with E-state index in [0.29, 0.717) is 30.2 Å². The monoisotopic (exact) mass is 416 g/mol. The zero-order valence-corrected chi connectivity index (χ0v) is 17.1. The second-order valence-corrected chi connectivity index (χ2v) is 8.44. The van der Waals surface area contributed by atoms with E-state index in [0.717, 1.165) is 36.1 Å². The van der Waals surface area contributed by atoms with Gasteiger partial charge in [0.1, 0.15) is 0 Å². The van der Waals surface area contributed by atoms with Crippen molar-refractivity contribution in [3.8, 4) is 0 Å². The molecule has 0 saturated heterocycles. The number of halogens is 1. The van der Waals surface area contributed by atoms with Gasteiger partial charge in [0, 0.05) is 23.2 Å². The number of H-pyrrole nitrogens is 1. The van der Waals surface area contributed by atoms with Crippen LogP contribution < -0.4 is 5.32 Å². The second kappa shape index (κ2) is 7.80. The Bertz CT molecular complexity index is 921. The summed E-state index contributed by atoms with van der Waals surface area (Å²) in [5.74, 6) is -0.174. The summed E-state index contributed by atoms with van der Waals surface area (Å²) in [7, 11) is 0. The molecule has 154 valence electrons. The van der Waals surface area contributed by atoms with Gasteiger partial charge in [0.25, 0.3) is 5.91 Å². The van der Waals surface area contributed by atoms with Crippen molar-refractivity contribution in [3.05, 3.63) is 51.8 Å². The predicted octanol–water partition coefficient (Wildman–Crippen LogP) is 2.18. The molecule has 2 aliphatic rings. The number of aromatic nitrogens is 2. The quantitative estimate of drug-likeness (QED) is 0.695. The molecule has 4 rings (SSSR count). The van der Waals surface area contributed by atoms with E-state index in [1.54, 1.807) is 6.92 Å². The highest BCUT2D eigenvalue weighted by Crippen LogP contribution is 2.46. The maximum Gasteiger partial charge on any atom is 0.272 e. The molecule has 2 heterocycles. The molecule has 0 spiro atoms. The van der Waals surface area contributed by atoms with E-state index in [-0.39, 0.29) is 24.5 Å². The molecule has 1 aliphatic heterocycles. The number of amides is 2. The molecule has 7 nitrogen and oxygen atoms in total. The summed E-state index contributed by atoms with van der Waals surface area (Å²) in [5.41, 5.74) is 2.55. The minimum atomic E-state index is -0.473. The highest BCUT2D eigenvalue weighted by atomic mass is 35.5. The van der Waals surface area contributed by atoms with Crippen LogP contribution in [0.15, 0.2) is 24.3 Å². The first-order chi connectivity index (χ1) is 13.9. The van der Waals surface area contributed by atoms with Gasteiger partial charge in [-0.3, -0.25) is 14.7 Å². The van der Waals surface area contributed by atoms with Gasteiger partial charge >= 0.3 is 0 Å². The number of hydrogen-bond acceptors (Lipinski definition) is 4. The zero-order chi connectivity index (χ0) is 20.6. The largest absolute Gasteiger partial charge is 0.394 e. The van der Waals surface area contributed by atoms with Crippen molar-refractivity contribution in [1.82, 2.24) is 20.4 Å². The first-order valence-electron chi connectivity index (χ1n) is 9.98. The lowest BCUT2D eigenvalue weighted by Gasteiger charge is -2.44. The highest BCUT2D eigenvalue weighted by Gasteiger charge is 2.48. The van der Waals surface area contributed by atoms with Gasteiger partial charge in [-0.25, -0.2) is 0 Å². The Morgan fingerprint density at radius 1 is 1.34 bits per heavy atom. The molecule has 29 heavy (non-hydrogen) atoms. The van der Waals surface area contributed by atoms with Crippen LogP contribution in [0.1, 0.15) is 53.5 Å². The fourth-order valence-corrected chi connectivity index (χ4v) is 4.37. The van der Waals surface area contributed by atoms with Crippen LogP contribution in [-0.2, 0) is 23.2 Å². The predicted molar refractivity (Wildman–Crippen MR) is 109 cm³/mol. The summed E-state index contributed by atoms with van der Waals surface area (Å²) in [5, 5.41) is 19.6. The summed E-state index contributed by atoms with van der Waals surface area (Å²) in [6.45, 7) is 2.57. The third-order valence-corrected chi connectivity index (χ3v) is 6.35. The van der Waals surface area contributed by atoms with Gasteiger partial charge in [-0.2, -0.15) is 5.10 Å². The summed E-state index contributed by atoms with van der Waals surface area (Å²) in [6.07, 6.45) is 3.29. The number of fused-ring (bicyclic) bond motifs is 1. The third-order valence-electron chi connectivity index (χ3n) is 6.10. The molecule has 1 aromatic heterocycles. The Morgan fingerprint density at radius 2 is 2.07 bits per heavy atom. The average molecular weight is 417 g/mol. The van der Waals surface area contributed by atoms with E-state index in [9.17, 15) is 9.59 Å². The minimum absolute atomic E-state index is 0.131. The molecule has 2 aromatic rings. The fourth-order valence-electron chi connectivity index (χ4n) is 4.24. The average Bonchev–Trinajstić information content (AvgIpc) is 3.11. The third kappa shape index (κ3) is 3.53. The topological polar surface area (TPSA) is 98.3 Å². The Balaban J connectivity index is 1.52. The molecule has 2 amide bonds. The maximum atomic E-state index is 13.5. The first kappa shape index (κ1) is 19.9. The normalized spacial score (nSPS) is 18.5. The lowest BCUT2D eigenvalue weighted by molar-refractivity contribution is -0.142. The molecule has 1 aromatic carbocycles. The number of aliphatic hydroxyl groups is 1. The summed E-state index contributed by atoms with van der Waals surface area (Å²) in [4.78, 5) is 27.7. The number of hydrogen-bond donors (Lipinski definition) is 3. The number of carbonyl (C=O) groups is 2. The standard InChI is InChI=1S/C21H25ClN4O3/c1-13(12-27)23-19(28)18-16-7-10-26(11-17(16)24-25-18)20(29)21(8-2-9-21)14-3-5-15(22)6-4-14/h3-6,13,27H,2,7-12H2,1H3,(H,23,28)(H,24,25). The van der Waals surface area contributed by atoms with Gasteiger partial charge in [0.05, 0.1) is 24.3 Å². The van der Waals surface area contributed by atoms with Crippen molar-refractivity contribution >= 4 is 23.4 Å². The Hall–Kier alpha value is -2.38. The van der Waals surface area contributed by atoms with Crippen molar-refractivity contribution < 1.29 is 14.7 Å². The van der Waals surface area contributed by atoms with Crippen LogP contribution in [0, 0.1) is 0 Å². The first-order valence-corrected chi connectivity index (χ1v) is 10.4. The van der Waals surface area contributed by atoms with Crippen LogP contribution in [0.3, 0.4) is 0 Å². The summed E-state index contributed by atoms with van der Waals surface area (Å²) in [6, 6.07) is 7.25. The lowest BCUT2D eigenvalue weighted by atomic mass is 9.63. The second-order valence-electron chi connectivity index (χ2n) is 8.01. The maximum absolute atomic E-state index is 13.5. The molecule has 1 fully saturated rings. The van der Waals surface area contributed by atoms with E-state index in [4.69, 9.17) is 16.7 Å². The van der Waals surface area contributed by atoms with Crippen LogP contribution >= 0.6 is 11.6 Å². The van der Waals surface area contributed by atoms with Crippen molar-refractivity contribution in [2.24, 2.45) is 0 Å². The lowest BCUT2D eigenvalue weighted by Crippen LogP contribution is -2.52. The molecule has 1 unspecified atom stereocenters. The van der Waals surface area contributed by atoms with Crippen molar-refractivity contribution in [2.45, 2.75) is 50.6 Å². The molecule has 1 aliphatic carbocycles. The molecule has 3 N–H and O–H groups in total. The Labute approximate surface area is 174 Å². The van der Waals surface area contributed by atoms with Crippen LogP contribution in [0.25, 0.3) is 0 Å². The van der Waals surface area contributed by atoms with Crippen LogP contribution in [-0.4, -0.2) is 51.2 Å². The van der Waals surface area contributed by atoms with Crippen LogP contribution in [0.4, 0.5) is 0 Å². The molecule has 8 heteroatoms. The molecule has 0 radical (unpaired) electrons. The highest BCUT2D eigenvalue weighted by molar-refractivity contribution is 6.30. The van der Waals surface area contributed by atoms with E-state index in [1.807, 2.05) is 29.2 Å². The summed E-state index contributed by atoms with van der Waals surface area (Å²) >= 11 is 6.02. The van der Waals surface area contributed by atoms with Gasteiger partial charge in [0.15, 0.2) is 5.69 Å². The molecular weight excluding hydrogens is 392 g/mol. The molecule has 0 bridgehead atoms. The number of rotatable bonds is 5. The fraction of sp³-hybridized carbons (Fsp3) is 0.476. The van der Waals surface area contributed by atoms with Gasteiger partial charge in [0.2, 0.25) is 5.91 Å². The van der Waals surface area contributed by atoms with Crippen LogP contribution in [0.2, 0.25) is 5.02 Å². The Kier molecular flexibility index (Phi) is 5.36. The molecule has 1 saturated carbocycles. The van der Waals surface area contributed by atoms with Crippen molar-refractivity contribution in [3.63, 3.8) is 0 Å².